The van der Waals surface area contributed by atoms with Gasteiger partial charge in [0, 0.05) is 29.3 Å². The molecule has 0 saturated heterocycles. The van der Waals surface area contributed by atoms with Crippen molar-refractivity contribution in [1.29, 1.82) is 0 Å². The lowest BCUT2D eigenvalue weighted by Crippen LogP contribution is -2.48. The minimum absolute atomic E-state index is 0.0513. The maximum absolute atomic E-state index is 15.0. The van der Waals surface area contributed by atoms with Crippen LogP contribution in [0.5, 0.6) is 0 Å². The minimum Gasteiger partial charge on any atom is -0.423 e. The molecule has 4 heterocycles. The Morgan fingerprint density at radius 3 is 2.53 bits per heavy atom. The average molecular weight is 684 g/mol. The lowest BCUT2D eigenvalue weighted by Gasteiger charge is -2.33. The molecule has 0 radical (unpaired) electrons. The molecule has 0 aromatic heterocycles. The van der Waals surface area contributed by atoms with E-state index in [4.69, 9.17) is 44.3 Å². The standard InChI is InChI=1S/C30H23BCl3F4N3O4/c1-15-7-23-18(27(42)39-13-16-8-19-25(22(35)9-16)28(2,3)44-31(19)43)5-4-6-41(23,14-15)24-12-29(45-40-24,30(36,37)38)17-10-20(32)26(34)21(33)11-17/h4-11,14,43H,12-13H2,1-3H3/p+1. The van der Waals surface area contributed by atoms with Crippen LogP contribution in [0.2, 0.25) is 15.1 Å². The number of carbonyl (C=O) groups excluding carboxylic acids is 1. The number of oxime groups is 1. The van der Waals surface area contributed by atoms with Gasteiger partial charge in [-0.2, -0.15) is 17.7 Å². The van der Waals surface area contributed by atoms with Crippen LogP contribution < -0.4 is 10.8 Å². The molecule has 2 aromatic carbocycles. The fourth-order valence-corrected chi connectivity index (χ4v) is 6.77. The van der Waals surface area contributed by atoms with Crippen molar-refractivity contribution >= 4 is 59.1 Å². The van der Waals surface area contributed by atoms with E-state index in [2.05, 4.69) is 10.5 Å². The fourth-order valence-electron chi connectivity index (χ4n) is 6.18. The molecule has 45 heavy (non-hydrogen) atoms. The van der Waals surface area contributed by atoms with E-state index >= 15 is 4.39 Å². The summed E-state index contributed by atoms with van der Waals surface area (Å²) in [7, 11) is -1.32. The maximum atomic E-state index is 15.0. The third-order valence-electron chi connectivity index (χ3n) is 8.23. The summed E-state index contributed by atoms with van der Waals surface area (Å²) in [5, 5.41) is 16.5. The lowest BCUT2D eigenvalue weighted by molar-refractivity contribution is -0.684. The van der Waals surface area contributed by atoms with Gasteiger partial charge in [-0.05, 0) is 67.3 Å². The van der Waals surface area contributed by atoms with Gasteiger partial charge in [0.05, 0.1) is 20.7 Å². The Bertz CT molecular complexity index is 1800. The van der Waals surface area contributed by atoms with Gasteiger partial charge < -0.3 is 19.8 Å². The van der Waals surface area contributed by atoms with E-state index in [1.54, 1.807) is 51.4 Å². The van der Waals surface area contributed by atoms with Gasteiger partial charge in [-0.3, -0.25) is 4.79 Å². The van der Waals surface area contributed by atoms with Crippen LogP contribution in [0.1, 0.15) is 43.9 Å². The Labute approximate surface area is 270 Å². The molecule has 2 atom stereocenters. The molecule has 0 spiro atoms. The molecule has 0 saturated carbocycles. The third kappa shape index (κ3) is 5.02. The van der Waals surface area contributed by atoms with E-state index in [1.165, 1.54) is 12.1 Å². The fraction of sp³-hybridized carbons (Fsp3) is 0.267. The van der Waals surface area contributed by atoms with Crippen LogP contribution in [0.15, 0.2) is 76.9 Å². The van der Waals surface area contributed by atoms with Crippen molar-refractivity contribution in [3.63, 3.8) is 0 Å². The second-order valence-electron chi connectivity index (χ2n) is 11.7. The highest BCUT2D eigenvalue weighted by Gasteiger charge is 2.66. The van der Waals surface area contributed by atoms with E-state index < -0.39 is 47.1 Å². The van der Waals surface area contributed by atoms with Crippen molar-refractivity contribution in [2.24, 2.45) is 5.16 Å². The Hall–Kier alpha value is -3.13. The highest BCUT2D eigenvalue weighted by Crippen LogP contribution is 2.53. The highest BCUT2D eigenvalue weighted by atomic mass is 35.5. The number of hydrogen-bond donors (Lipinski definition) is 2. The Morgan fingerprint density at radius 1 is 1.18 bits per heavy atom. The lowest BCUT2D eigenvalue weighted by atomic mass is 9.77. The molecule has 0 aliphatic carbocycles. The van der Waals surface area contributed by atoms with Crippen molar-refractivity contribution in [3.8, 4) is 0 Å². The van der Waals surface area contributed by atoms with Crippen molar-refractivity contribution in [2.45, 2.75) is 51.1 Å². The van der Waals surface area contributed by atoms with E-state index in [9.17, 15) is 23.0 Å². The first kappa shape index (κ1) is 31.8. The molecule has 234 valence electrons. The van der Waals surface area contributed by atoms with Crippen LogP contribution in [-0.4, -0.2) is 34.5 Å². The maximum Gasteiger partial charge on any atom is 0.492 e. The summed E-state index contributed by atoms with van der Waals surface area (Å²) in [6.07, 6.45) is 2.29. The number of rotatable bonds is 4. The molecule has 4 aliphatic rings. The average Bonchev–Trinajstić information content (AvgIpc) is 3.62. The van der Waals surface area contributed by atoms with Crippen molar-refractivity contribution in [3.05, 3.63) is 109 Å². The molecule has 1 amide bonds. The molecule has 2 unspecified atom stereocenters. The normalized spacial score (nSPS) is 24.8. The van der Waals surface area contributed by atoms with Gasteiger partial charge in [0.25, 0.3) is 17.3 Å². The minimum atomic E-state index is -4.95. The molecule has 6 rings (SSSR count). The van der Waals surface area contributed by atoms with Gasteiger partial charge in [-0.25, -0.2) is 4.39 Å². The zero-order valence-corrected chi connectivity index (χ0v) is 26.2. The quantitative estimate of drug-likeness (QED) is 0.165. The van der Waals surface area contributed by atoms with E-state index in [0.717, 1.165) is 12.1 Å². The van der Waals surface area contributed by atoms with Gasteiger partial charge in [-0.1, -0.05) is 40.9 Å². The topological polar surface area (TPSA) is 80.2 Å². The number of benzene rings is 2. The third-order valence-corrected chi connectivity index (χ3v) is 9.43. The highest BCUT2D eigenvalue weighted by molar-refractivity contribution is 6.62. The first-order chi connectivity index (χ1) is 21.0. The van der Waals surface area contributed by atoms with Gasteiger partial charge in [0.1, 0.15) is 30.2 Å². The number of nitrogens with zero attached hydrogens (tertiary/aromatic N) is 2. The van der Waals surface area contributed by atoms with Gasteiger partial charge in [0.15, 0.2) is 5.70 Å². The van der Waals surface area contributed by atoms with Gasteiger partial charge in [0.2, 0.25) is 0 Å². The Kier molecular flexibility index (Phi) is 7.58. The molecule has 4 aliphatic heterocycles. The van der Waals surface area contributed by atoms with Crippen LogP contribution in [0, 0.1) is 5.82 Å². The summed E-state index contributed by atoms with van der Waals surface area (Å²) >= 11 is 18.2. The molecule has 2 N–H and O–H groups in total. The Morgan fingerprint density at radius 2 is 1.87 bits per heavy atom. The van der Waals surface area contributed by atoms with Gasteiger partial charge in [-0.15, -0.1) is 0 Å². The van der Waals surface area contributed by atoms with E-state index in [-0.39, 0.29) is 49.6 Å². The zero-order chi connectivity index (χ0) is 32.7. The molecular weight excluding hydrogens is 660 g/mol. The van der Waals surface area contributed by atoms with Crippen molar-refractivity contribution in [2.75, 3.05) is 0 Å². The molecule has 7 nitrogen and oxygen atoms in total. The summed E-state index contributed by atoms with van der Waals surface area (Å²) in [5.74, 6) is -1.19. The second-order valence-corrected chi connectivity index (χ2v) is 12.9. The Balaban J connectivity index is 1.28. The zero-order valence-electron chi connectivity index (χ0n) is 23.9. The number of amidine groups is 1. The summed E-state index contributed by atoms with van der Waals surface area (Å²) in [6, 6.07) is 4.91. The SMILES string of the molecule is CC1=C[N+]2(C3=NOC(c4cc(Cl)c(Cl)c(Cl)c4)(C(F)(F)F)C3)C=CC=C(C(=O)NCc3cc(F)c4c(c3)B(O)OC4(C)C)C2=C1. The van der Waals surface area contributed by atoms with Crippen LogP contribution in [0.3, 0.4) is 0 Å². The first-order valence-corrected chi connectivity index (χ1v) is 14.8. The number of hydrogen-bond acceptors (Lipinski definition) is 5. The van der Waals surface area contributed by atoms with Crippen LogP contribution in [0.4, 0.5) is 17.6 Å². The monoisotopic (exact) mass is 682 g/mol. The number of amides is 1. The van der Waals surface area contributed by atoms with E-state index in [0.29, 0.717) is 16.8 Å². The number of nitrogens with one attached hydrogen (secondary N) is 1. The predicted molar refractivity (Wildman–Crippen MR) is 162 cm³/mol. The molecule has 0 fully saturated rings. The number of allylic oxidation sites excluding steroid dienone is 4. The van der Waals surface area contributed by atoms with Crippen LogP contribution >= 0.6 is 34.8 Å². The van der Waals surface area contributed by atoms with Crippen molar-refractivity contribution in [1.82, 2.24) is 5.32 Å². The second kappa shape index (κ2) is 10.7. The summed E-state index contributed by atoms with van der Waals surface area (Å²) in [6.45, 7) is 4.92. The smallest absolute Gasteiger partial charge is 0.423 e. The summed E-state index contributed by atoms with van der Waals surface area (Å²) in [4.78, 5) is 18.8. The number of halogens is 7. The number of alkyl halides is 3. The molecular formula is C30H24BCl3F4N3O4+. The van der Waals surface area contributed by atoms with Crippen molar-refractivity contribution < 1.29 is 41.4 Å². The number of fused-ring (bicyclic) bond motifs is 2. The van der Waals surface area contributed by atoms with Gasteiger partial charge >= 0.3 is 13.3 Å². The molecule has 0 bridgehead atoms. The predicted octanol–water partition coefficient (Wildman–Crippen LogP) is 6.62. The van der Waals surface area contributed by atoms with Crippen LogP contribution in [0.25, 0.3) is 0 Å². The van der Waals surface area contributed by atoms with E-state index in [1.807, 2.05) is 0 Å². The first-order valence-electron chi connectivity index (χ1n) is 13.6. The summed E-state index contributed by atoms with van der Waals surface area (Å²) in [5.41, 5.74) is -2.29. The van der Waals surface area contributed by atoms with Crippen LogP contribution in [-0.2, 0) is 32.0 Å². The summed E-state index contributed by atoms with van der Waals surface area (Å²) < 4.78 is 64.3. The number of carbonyl (C=O) groups is 1. The molecule has 2 aromatic rings. The molecule has 15 heteroatoms. The number of quaternary nitrogens is 1. The largest absolute Gasteiger partial charge is 0.492 e.